The molecule has 0 radical (unpaired) electrons. The predicted octanol–water partition coefficient (Wildman–Crippen LogP) is 8.19. The molecule has 1 aliphatic rings. The Morgan fingerprint density at radius 3 is 1.62 bits per heavy atom. The molecular weight excluding hydrogens is 598 g/mol. The third kappa shape index (κ3) is 6.72. The van der Waals surface area contributed by atoms with Crippen molar-refractivity contribution in [1.29, 1.82) is 0 Å². The number of rotatable bonds is 9. The van der Waals surface area contributed by atoms with Crippen LogP contribution in [0.15, 0.2) is 132 Å². The van der Waals surface area contributed by atoms with Crippen molar-refractivity contribution in [3.63, 3.8) is 0 Å². The lowest BCUT2D eigenvalue weighted by atomic mass is 9.79. The molecule has 5 aromatic rings. The molecule has 2 heterocycles. The zero-order chi connectivity index (χ0) is 33.8. The van der Waals surface area contributed by atoms with Gasteiger partial charge in [0.25, 0.3) is 0 Å². The largest absolute Gasteiger partial charge is 0.457 e. The maximum Gasteiger partial charge on any atom is 0.337 e. The van der Waals surface area contributed by atoms with Gasteiger partial charge >= 0.3 is 11.9 Å². The Labute approximate surface area is 281 Å². The van der Waals surface area contributed by atoms with Crippen LogP contribution in [0.25, 0.3) is 16.9 Å². The van der Waals surface area contributed by atoms with E-state index in [1.165, 1.54) is 0 Å². The zero-order valence-corrected chi connectivity index (χ0v) is 27.9. The normalized spacial score (nSPS) is 13.4. The first-order chi connectivity index (χ1) is 23.2. The van der Waals surface area contributed by atoms with Gasteiger partial charge in [-0.05, 0) is 69.0 Å². The first-order valence-electron chi connectivity index (χ1n) is 16.0. The van der Waals surface area contributed by atoms with Crippen LogP contribution in [0.5, 0.6) is 0 Å². The van der Waals surface area contributed by atoms with Gasteiger partial charge < -0.3 is 14.8 Å². The summed E-state index contributed by atoms with van der Waals surface area (Å²) in [4.78, 5) is 28.4. The Morgan fingerprint density at radius 1 is 0.688 bits per heavy atom. The number of esters is 2. The third-order valence-corrected chi connectivity index (χ3v) is 8.61. The molecule has 7 heteroatoms. The van der Waals surface area contributed by atoms with Crippen LogP contribution in [-0.2, 0) is 32.3 Å². The molecule has 0 spiro atoms. The number of allylic oxidation sites excluding steroid dienone is 2. The Bertz CT molecular complexity index is 1930. The lowest BCUT2D eigenvalue weighted by molar-refractivity contribution is -0.141. The van der Waals surface area contributed by atoms with Gasteiger partial charge in [0.2, 0.25) is 0 Å². The summed E-state index contributed by atoms with van der Waals surface area (Å²) in [7, 11) is 0. The predicted molar refractivity (Wildman–Crippen MR) is 187 cm³/mol. The summed E-state index contributed by atoms with van der Waals surface area (Å²) in [6.45, 7) is 10.1. The van der Waals surface area contributed by atoms with Gasteiger partial charge in [-0.15, -0.1) is 0 Å². The molecule has 48 heavy (non-hydrogen) atoms. The molecule has 0 saturated heterocycles. The number of para-hydroxylation sites is 1. The van der Waals surface area contributed by atoms with Gasteiger partial charge in [0.1, 0.15) is 13.2 Å². The fourth-order valence-electron chi connectivity index (χ4n) is 6.51. The second-order valence-corrected chi connectivity index (χ2v) is 12.2. The van der Waals surface area contributed by atoms with E-state index in [0.29, 0.717) is 33.8 Å². The summed E-state index contributed by atoms with van der Waals surface area (Å²) >= 11 is 0. The van der Waals surface area contributed by atoms with Crippen LogP contribution in [0.4, 0.5) is 0 Å². The van der Waals surface area contributed by atoms with E-state index in [1.807, 2.05) is 116 Å². The van der Waals surface area contributed by atoms with Gasteiger partial charge in [-0.25, -0.2) is 14.3 Å². The molecule has 7 nitrogen and oxygen atoms in total. The van der Waals surface area contributed by atoms with Gasteiger partial charge in [0.05, 0.1) is 28.4 Å². The van der Waals surface area contributed by atoms with E-state index in [1.54, 1.807) is 0 Å². The summed E-state index contributed by atoms with van der Waals surface area (Å²) < 4.78 is 13.7. The first-order valence-corrected chi connectivity index (χ1v) is 16.0. The van der Waals surface area contributed by atoms with Crippen molar-refractivity contribution in [2.75, 3.05) is 0 Å². The molecule has 0 unspecified atom stereocenters. The Balaban J connectivity index is 1.52. The van der Waals surface area contributed by atoms with Gasteiger partial charge in [-0.3, -0.25) is 0 Å². The maximum atomic E-state index is 14.2. The molecule has 0 saturated carbocycles. The monoisotopic (exact) mass is 637 g/mol. The van der Waals surface area contributed by atoms with Gasteiger partial charge in [0, 0.05) is 28.7 Å². The molecule has 0 aliphatic carbocycles. The summed E-state index contributed by atoms with van der Waals surface area (Å²) in [6.07, 6.45) is 1.93. The molecule has 242 valence electrons. The molecule has 1 N–H and O–H groups in total. The number of carbonyl (C=O) groups is 2. The number of aryl methyl sites for hydroxylation is 3. The number of ether oxygens (including phenoxy) is 2. The summed E-state index contributed by atoms with van der Waals surface area (Å²) in [5.74, 6) is -1.87. The highest BCUT2D eigenvalue weighted by Gasteiger charge is 2.41. The van der Waals surface area contributed by atoms with Crippen molar-refractivity contribution in [3.05, 3.63) is 165 Å². The minimum absolute atomic E-state index is 0.0893. The van der Waals surface area contributed by atoms with Crippen LogP contribution in [0.1, 0.15) is 53.1 Å². The molecule has 0 amide bonds. The molecule has 1 aliphatic heterocycles. The smallest absolute Gasteiger partial charge is 0.337 e. The molecule has 6 rings (SSSR count). The fraction of sp³-hybridized carbons (Fsp3) is 0.195. The van der Waals surface area contributed by atoms with Crippen molar-refractivity contribution in [2.45, 2.75) is 53.8 Å². The number of hydrogen-bond donors (Lipinski definition) is 1. The van der Waals surface area contributed by atoms with Crippen LogP contribution in [0, 0.1) is 20.8 Å². The minimum Gasteiger partial charge on any atom is -0.457 e. The average Bonchev–Trinajstić information content (AvgIpc) is 3.51. The number of aromatic nitrogens is 2. The number of nitrogens with one attached hydrogen (secondary N) is 1. The summed E-state index contributed by atoms with van der Waals surface area (Å²) in [5, 5.41) is 8.44. The van der Waals surface area contributed by atoms with Crippen molar-refractivity contribution < 1.29 is 19.1 Å². The van der Waals surface area contributed by atoms with E-state index >= 15 is 0 Å². The number of nitrogens with zero attached hydrogens (tertiary/aromatic N) is 2. The van der Waals surface area contributed by atoms with E-state index in [0.717, 1.165) is 39.1 Å². The summed E-state index contributed by atoms with van der Waals surface area (Å²) in [6, 6.07) is 33.2. The number of dihydropyridines is 1. The number of benzene rings is 4. The van der Waals surface area contributed by atoms with Crippen LogP contribution < -0.4 is 5.32 Å². The van der Waals surface area contributed by atoms with Gasteiger partial charge in [0.15, 0.2) is 0 Å². The molecule has 4 aromatic carbocycles. The zero-order valence-electron chi connectivity index (χ0n) is 27.9. The fourth-order valence-corrected chi connectivity index (χ4v) is 6.51. The number of carbonyl (C=O) groups excluding carboxylic acids is 2. The number of hydrogen-bond acceptors (Lipinski definition) is 6. The first kappa shape index (κ1) is 32.3. The van der Waals surface area contributed by atoms with Gasteiger partial charge in [-0.2, -0.15) is 5.10 Å². The van der Waals surface area contributed by atoms with E-state index < -0.39 is 17.9 Å². The second kappa shape index (κ2) is 14.0. The average molecular weight is 638 g/mol. The SMILES string of the molecule is CC1=C(C(=O)OCc2ccccc2)C(c2cn(-c3ccccc3)nc2-c2c(C)cc(C)cc2C)C(C(=O)OCc2ccccc2)=C(C)N1. The minimum atomic E-state index is -0.828. The van der Waals surface area contributed by atoms with E-state index in [-0.39, 0.29) is 13.2 Å². The standard InChI is InChI=1S/C41H39N3O4/c1-26-21-27(2)35(28(3)22-26)39-34(23-44(43-39)33-19-13-8-14-20-33)38-36(40(45)47-24-31-15-9-6-10-16-31)29(4)42-30(5)37(38)41(46)48-25-32-17-11-7-12-18-32/h6-23,38,42H,24-25H2,1-5H3. The van der Waals surface area contributed by atoms with E-state index in [9.17, 15) is 9.59 Å². The summed E-state index contributed by atoms with van der Waals surface area (Å²) in [5.41, 5.74) is 10.0. The van der Waals surface area contributed by atoms with E-state index in [4.69, 9.17) is 14.6 Å². The molecular formula is C41H39N3O4. The Morgan fingerprint density at radius 2 is 1.15 bits per heavy atom. The Kier molecular flexibility index (Phi) is 9.39. The van der Waals surface area contributed by atoms with Crippen molar-refractivity contribution in [1.82, 2.24) is 15.1 Å². The Hall–Kier alpha value is -5.69. The van der Waals surface area contributed by atoms with Crippen molar-refractivity contribution in [2.24, 2.45) is 0 Å². The molecule has 1 aromatic heterocycles. The molecule has 0 bridgehead atoms. The van der Waals surface area contributed by atoms with Crippen molar-refractivity contribution in [3.8, 4) is 16.9 Å². The van der Waals surface area contributed by atoms with Crippen LogP contribution in [0.3, 0.4) is 0 Å². The third-order valence-electron chi connectivity index (χ3n) is 8.61. The maximum absolute atomic E-state index is 14.2. The highest BCUT2D eigenvalue weighted by atomic mass is 16.5. The molecule has 0 fully saturated rings. The van der Waals surface area contributed by atoms with Crippen LogP contribution in [0.2, 0.25) is 0 Å². The second-order valence-electron chi connectivity index (χ2n) is 12.2. The quantitative estimate of drug-likeness (QED) is 0.164. The van der Waals surface area contributed by atoms with Crippen molar-refractivity contribution >= 4 is 11.9 Å². The molecule has 0 atom stereocenters. The highest BCUT2D eigenvalue weighted by Crippen LogP contribution is 2.44. The lowest BCUT2D eigenvalue weighted by Crippen LogP contribution is -2.32. The lowest BCUT2D eigenvalue weighted by Gasteiger charge is -2.30. The highest BCUT2D eigenvalue weighted by molar-refractivity contribution is 6.00. The van der Waals surface area contributed by atoms with Crippen LogP contribution in [-0.4, -0.2) is 21.7 Å². The van der Waals surface area contributed by atoms with Gasteiger partial charge in [-0.1, -0.05) is 96.6 Å². The van der Waals surface area contributed by atoms with Crippen LogP contribution >= 0.6 is 0 Å². The topological polar surface area (TPSA) is 82.5 Å². The van der Waals surface area contributed by atoms with E-state index in [2.05, 4.69) is 38.2 Å².